The van der Waals surface area contributed by atoms with Gasteiger partial charge in [-0.15, -0.1) is 0 Å². The number of alkyl halides is 3. The summed E-state index contributed by atoms with van der Waals surface area (Å²) in [6, 6.07) is 3.45. The number of piperidine rings is 1. The van der Waals surface area contributed by atoms with Gasteiger partial charge in [-0.2, -0.15) is 13.2 Å². The second-order valence-electron chi connectivity index (χ2n) is 5.56. The van der Waals surface area contributed by atoms with Crippen molar-refractivity contribution in [3.05, 3.63) is 34.9 Å². The lowest BCUT2D eigenvalue weighted by molar-refractivity contribution is -0.137. The lowest BCUT2D eigenvalue weighted by Crippen LogP contribution is -2.42. The van der Waals surface area contributed by atoms with Crippen LogP contribution in [-0.2, 0) is 6.18 Å². The highest BCUT2D eigenvalue weighted by Gasteiger charge is 2.31. The van der Waals surface area contributed by atoms with E-state index in [9.17, 15) is 18.0 Å². The minimum atomic E-state index is -4.38. The van der Waals surface area contributed by atoms with Crippen LogP contribution in [0.3, 0.4) is 0 Å². The lowest BCUT2D eigenvalue weighted by Gasteiger charge is -2.29. The first-order valence-electron chi connectivity index (χ1n) is 6.96. The maximum atomic E-state index is 12.6. The van der Waals surface area contributed by atoms with Crippen LogP contribution in [0.4, 0.5) is 13.2 Å². The number of Topliss-reactive ketones (excluding diaryl/α,β-unsaturated/α-hetero) is 1. The smallest absolute Gasteiger partial charge is 0.328 e. The van der Waals surface area contributed by atoms with Crippen LogP contribution in [0, 0.1) is 6.92 Å². The Morgan fingerprint density at radius 2 is 1.95 bits per heavy atom. The van der Waals surface area contributed by atoms with Gasteiger partial charge < -0.3 is 5.73 Å². The molecule has 0 aromatic heterocycles. The molecule has 0 atom stereocenters. The van der Waals surface area contributed by atoms with Crippen LogP contribution in [0.15, 0.2) is 18.2 Å². The molecular formula is C15H19F3N2O. The van der Waals surface area contributed by atoms with Crippen molar-refractivity contribution >= 4 is 5.78 Å². The van der Waals surface area contributed by atoms with Crippen molar-refractivity contribution in [2.45, 2.75) is 32.0 Å². The van der Waals surface area contributed by atoms with E-state index in [1.54, 1.807) is 0 Å². The van der Waals surface area contributed by atoms with Crippen molar-refractivity contribution in [3.8, 4) is 0 Å². The van der Waals surface area contributed by atoms with Crippen LogP contribution in [0.2, 0.25) is 0 Å². The fraction of sp³-hybridized carbons (Fsp3) is 0.533. The molecule has 1 aliphatic rings. The summed E-state index contributed by atoms with van der Waals surface area (Å²) < 4.78 is 37.8. The fourth-order valence-electron chi connectivity index (χ4n) is 2.55. The van der Waals surface area contributed by atoms with Gasteiger partial charge in [-0.05, 0) is 37.5 Å². The van der Waals surface area contributed by atoms with Crippen molar-refractivity contribution in [2.24, 2.45) is 5.73 Å². The van der Waals surface area contributed by atoms with E-state index < -0.39 is 11.7 Å². The number of carbonyl (C=O) groups excluding carboxylic acids is 1. The standard InChI is InChI=1S/C15H19F3N2O/c1-10-8-11(15(16,17)18)2-3-13(10)14(21)9-20-6-4-12(19)5-7-20/h2-3,8,12H,4-7,9,19H2,1H3. The van der Waals surface area contributed by atoms with E-state index in [-0.39, 0.29) is 18.4 Å². The first-order chi connectivity index (χ1) is 9.77. The SMILES string of the molecule is Cc1cc(C(F)(F)F)ccc1C(=O)CN1CCC(N)CC1. The molecule has 1 heterocycles. The molecule has 2 N–H and O–H groups in total. The molecule has 0 aliphatic carbocycles. The highest BCUT2D eigenvalue weighted by Crippen LogP contribution is 2.30. The molecule has 2 rings (SSSR count). The van der Waals surface area contributed by atoms with E-state index in [0.29, 0.717) is 11.1 Å². The number of halogens is 3. The van der Waals surface area contributed by atoms with Gasteiger partial charge in [-0.3, -0.25) is 9.69 Å². The molecule has 0 saturated carbocycles. The number of rotatable bonds is 3. The Labute approximate surface area is 121 Å². The Hall–Kier alpha value is -1.40. The molecule has 21 heavy (non-hydrogen) atoms. The molecular weight excluding hydrogens is 281 g/mol. The minimum Gasteiger partial charge on any atom is -0.328 e. The fourth-order valence-corrected chi connectivity index (χ4v) is 2.55. The molecule has 0 bridgehead atoms. The number of aryl methyl sites for hydroxylation is 1. The van der Waals surface area contributed by atoms with Crippen LogP contribution in [0.5, 0.6) is 0 Å². The first kappa shape index (κ1) is 16.0. The maximum absolute atomic E-state index is 12.6. The molecule has 0 spiro atoms. The second kappa shape index (κ2) is 6.15. The summed E-state index contributed by atoms with van der Waals surface area (Å²) in [6.45, 7) is 3.28. The van der Waals surface area contributed by atoms with Crippen LogP contribution in [0.1, 0.15) is 34.3 Å². The molecule has 0 amide bonds. The van der Waals surface area contributed by atoms with Gasteiger partial charge in [0.15, 0.2) is 5.78 Å². The molecule has 0 radical (unpaired) electrons. The molecule has 6 heteroatoms. The molecule has 3 nitrogen and oxygen atoms in total. The normalized spacial score (nSPS) is 18.0. The van der Waals surface area contributed by atoms with Crippen LogP contribution < -0.4 is 5.73 Å². The third-order valence-corrected chi connectivity index (χ3v) is 3.85. The highest BCUT2D eigenvalue weighted by atomic mass is 19.4. The largest absolute Gasteiger partial charge is 0.416 e. The van der Waals surface area contributed by atoms with Crippen molar-refractivity contribution in [2.75, 3.05) is 19.6 Å². The molecule has 116 valence electrons. The van der Waals surface area contributed by atoms with E-state index in [2.05, 4.69) is 0 Å². The van der Waals surface area contributed by atoms with Gasteiger partial charge in [0.05, 0.1) is 12.1 Å². The summed E-state index contributed by atoms with van der Waals surface area (Å²) in [7, 11) is 0. The predicted octanol–water partition coefficient (Wildman–Crippen LogP) is 2.62. The zero-order chi connectivity index (χ0) is 15.6. The number of benzene rings is 1. The van der Waals surface area contributed by atoms with E-state index in [1.807, 2.05) is 4.90 Å². The summed E-state index contributed by atoms with van der Waals surface area (Å²) in [5, 5.41) is 0. The quantitative estimate of drug-likeness (QED) is 0.873. The molecule has 1 aliphatic heterocycles. The van der Waals surface area contributed by atoms with E-state index in [1.165, 1.54) is 13.0 Å². The number of carbonyl (C=O) groups is 1. The third kappa shape index (κ3) is 4.04. The Bertz CT molecular complexity index is 520. The minimum absolute atomic E-state index is 0.142. The maximum Gasteiger partial charge on any atom is 0.416 e. The van der Waals surface area contributed by atoms with Gasteiger partial charge in [0.2, 0.25) is 0 Å². The van der Waals surface area contributed by atoms with Gasteiger partial charge in [0.1, 0.15) is 0 Å². The summed E-state index contributed by atoms with van der Waals surface area (Å²) in [4.78, 5) is 14.2. The molecule has 0 unspecified atom stereocenters. The molecule has 1 aromatic carbocycles. The summed E-state index contributed by atoms with van der Waals surface area (Å²) >= 11 is 0. The van der Waals surface area contributed by atoms with Crippen LogP contribution >= 0.6 is 0 Å². The van der Waals surface area contributed by atoms with Gasteiger partial charge in [-0.1, -0.05) is 6.07 Å². The Morgan fingerprint density at radius 1 is 1.33 bits per heavy atom. The number of ketones is 1. The molecule has 1 saturated heterocycles. The number of nitrogens with zero attached hydrogens (tertiary/aromatic N) is 1. The number of hydrogen-bond acceptors (Lipinski definition) is 3. The van der Waals surface area contributed by atoms with Crippen molar-refractivity contribution < 1.29 is 18.0 Å². The van der Waals surface area contributed by atoms with E-state index in [0.717, 1.165) is 38.1 Å². The Balaban J connectivity index is 2.06. The first-order valence-corrected chi connectivity index (χ1v) is 6.96. The van der Waals surface area contributed by atoms with Gasteiger partial charge >= 0.3 is 6.18 Å². The van der Waals surface area contributed by atoms with Crippen molar-refractivity contribution in [1.29, 1.82) is 0 Å². The van der Waals surface area contributed by atoms with Crippen LogP contribution in [0.25, 0.3) is 0 Å². The zero-order valence-electron chi connectivity index (χ0n) is 11.9. The number of likely N-dealkylation sites (tertiary alicyclic amines) is 1. The lowest BCUT2D eigenvalue weighted by atomic mass is 10.00. The van der Waals surface area contributed by atoms with E-state index >= 15 is 0 Å². The van der Waals surface area contributed by atoms with E-state index in [4.69, 9.17) is 5.73 Å². The Morgan fingerprint density at radius 3 is 2.48 bits per heavy atom. The summed E-state index contributed by atoms with van der Waals surface area (Å²) in [5.41, 5.74) is 5.80. The topological polar surface area (TPSA) is 46.3 Å². The second-order valence-corrected chi connectivity index (χ2v) is 5.56. The average Bonchev–Trinajstić information content (AvgIpc) is 2.40. The number of hydrogen-bond donors (Lipinski definition) is 1. The monoisotopic (exact) mass is 300 g/mol. The van der Waals surface area contributed by atoms with Crippen LogP contribution in [-0.4, -0.2) is 36.4 Å². The van der Waals surface area contributed by atoms with Crippen molar-refractivity contribution in [3.63, 3.8) is 0 Å². The third-order valence-electron chi connectivity index (χ3n) is 3.85. The van der Waals surface area contributed by atoms with Crippen molar-refractivity contribution in [1.82, 2.24) is 4.90 Å². The van der Waals surface area contributed by atoms with Gasteiger partial charge in [0, 0.05) is 24.7 Å². The van der Waals surface area contributed by atoms with Gasteiger partial charge in [0.25, 0.3) is 0 Å². The molecule has 1 fully saturated rings. The average molecular weight is 300 g/mol. The Kier molecular flexibility index (Phi) is 4.68. The summed E-state index contributed by atoms with van der Waals surface area (Å²) in [6.07, 6.45) is -2.69. The summed E-state index contributed by atoms with van der Waals surface area (Å²) in [5.74, 6) is -0.142. The highest BCUT2D eigenvalue weighted by molar-refractivity contribution is 5.99. The predicted molar refractivity (Wildman–Crippen MR) is 74.2 cm³/mol. The number of nitrogens with two attached hydrogens (primary N) is 1. The van der Waals surface area contributed by atoms with Gasteiger partial charge in [-0.25, -0.2) is 0 Å². The molecule has 1 aromatic rings. The zero-order valence-corrected chi connectivity index (χ0v) is 11.9.